The van der Waals surface area contributed by atoms with Gasteiger partial charge in [-0.3, -0.25) is 4.79 Å². The van der Waals surface area contributed by atoms with E-state index < -0.39 is 26.4 Å². The summed E-state index contributed by atoms with van der Waals surface area (Å²) < 4.78 is 6.06. The molecular weight excluding hydrogens is 274 g/mol. The van der Waals surface area contributed by atoms with Gasteiger partial charge >= 0.3 is 5.97 Å². The Morgan fingerprint density at radius 3 is 2.35 bits per heavy atom. The molecule has 0 saturated carbocycles. The van der Waals surface area contributed by atoms with Crippen LogP contribution in [0.5, 0.6) is 0 Å². The van der Waals surface area contributed by atoms with Crippen molar-refractivity contribution in [2.75, 3.05) is 6.54 Å². The van der Waals surface area contributed by atoms with Crippen LogP contribution < -0.4 is 0 Å². The fraction of sp³-hybridized carbons (Fsp3) is 0.857. The van der Waals surface area contributed by atoms with Crippen LogP contribution in [0.15, 0.2) is 0 Å². The second-order valence-corrected chi connectivity index (χ2v) is 11.8. The number of aliphatic carboxylic acids is 1. The number of carboxylic acids is 1. The maximum Gasteiger partial charge on any atom is 0.326 e. The summed E-state index contributed by atoms with van der Waals surface area (Å²) in [5, 5.41) is 9.18. The van der Waals surface area contributed by atoms with Gasteiger partial charge in [0.05, 0.1) is 0 Å². The molecule has 0 aromatic heterocycles. The minimum absolute atomic E-state index is 0.0265. The molecular formula is C14H27NO4Si. The van der Waals surface area contributed by atoms with Crippen molar-refractivity contribution in [2.24, 2.45) is 0 Å². The minimum Gasteiger partial charge on any atom is -0.480 e. The molecule has 1 rings (SSSR count). The first-order valence-electron chi connectivity index (χ1n) is 7.18. The van der Waals surface area contributed by atoms with Crippen molar-refractivity contribution in [3.63, 3.8) is 0 Å². The van der Waals surface area contributed by atoms with Crippen molar-refractivity contribution in [2.45, 2.75) is 70.8 Å². The standard InChI is InChI=1S/C14H27NO4Si/c1-10(19-20(5,6)14(2,3)4)12(16)15-9-7-8-11(15)13(17)18/h10-11H,7-9H2,1-6H3,(H,17,18)/t10-,11+/m1/s1. The van der Waals surface area contributed by atoms with Crippen molar-refractivity contribution in [3.8, 4) is 0 Å². The van der Waals surface area contributed by atoms with Crippen molar-refractivity contribution in [3.05, 3.63) is 0 Å². The molecule has 2 atom stereocenters. The second kappa shape index (κ2) is 5.85. The molecule has 1 amide bonds. The molecule has 0 bridgehead atoms. The predicted molar refractivity (Wildman–Crippen MR) is 80.1 cm³/mol. The lowest BCUT2D eigenvalue weighted by atomic mass is 10.2. The second-order valence-electron chi connectivity index (χ2n) is 7.05. The van der Waals surface area contributed by atoms with E-state index in [-0.39, 0.29) is 10.9 Å². The van der Waals surface area contributed by atoms with Crippen LogP contribution in [0.2, 0.25) is 18.1 Å². The lowest BCUT2D eigenvalue weighted by Gasteiger charge is -2.39. The molecule has 1 aliphatic heterocycles. The van der Waals surface area contributed by atoms with E-state index in [1.807, 2.05) is 0 Å². The highest BCUT2D eigenvalue weighted by Gasteiger charge is 2.42. The number of nitrogens with zero attached hydrogens (tertiary/aromatic N) is 1. The maximum absolute atomic E-state index is 12.4. The van der Waals surface area contributed by atoms with E-state index >= 15 is 0 Å². The van der Waals surface area contributed by atoms with E-state index in [4.69, 9.17) is 9.53 Å². The van der Waals surface area contributed by atoms with Crippen LogP contribution in [-0.2, 0) is 14.0 Å². The molecule has 0 aromatic rings. The average Bonchev–Trinajstić information content (AvgIpc) is 2.74. The van der Waals surface area contributed by atoms with Crippen LogP contribution in [0.4, 0.5) is 0 Å². The fourth-order valence-electron chi connectivity index (χ4n) is 2.19. The summed E-state index contributed by atoms with van der Waals surface area (Å²) in [5.74, 6) is -1.12. The van der Waals surface area contributed by atoms with Gasteiger partial charge < -0.3 is 14.4 Å². The SMILES string of the molecule is C[C@@H](O[Si](C)(C)C(C)(C)C)C(=O)N1CCC[C@H]1C(=O)O. The molecule has 20 heavy (non-hydrogen) atoms. The minimum atomic E-state index is -2.03. The highest BCUT2D eigenvalue weighted by molar-refractivity contribution is 6.74. The zero-order valence-electron chi connectivity index (χ0n) is 13.4. The van der Waals surface area contributed by atoms with Gasteiger partial charge in [0.2, 0.25) is 0 Å². The van der Waals surface area contributed by atoms with Gasteiger partial charge in [-0.2, -0.15) is 0 Å². The van der Waals surface area contributed by atoms with Gasteiger partial charge in [0.1, 0.15) is 12.1 Å². The van der Waals surface area contributed by atoms with E-state index in [9.17, 15) is 9.59 Å². The summed E-state index contributed by atoms with van der Waals surface area (Å²) in [6, 6.07) is -0.687. The van der Waals surface area contributed by atoms with Crippen LogP contribution in [0.3, 0.4) is 0 Å². The van der Waals surface area contributed by atoms with Gasteiger partial charge in [0.15, 0.2) is 8.32 Å². The average molecular weight is 301 g/mol. The Labute approximate surface area is 122 Å². The van der Waals surface area contributed by atoms with Crippen LogP contribution in [0, 0.1) is 0 Å². The topological polar surface area (TPSA) is 66.8 Å². The Morgan fingerprint density at radius 2 is 1.90 bits per heavy atom. The van der Waals surface area contributed by atoms with Crippen LogP contribution in [0.1, 0.15) is 40.5 Å². The number of carbonyl (C=O) groups excluding carboxylic acids is 1. The van der Waals surface area contributed by atoms with Crippen molar-refractivity contribution >= 4 is 20.2 Å². The van der Waals surface area contributed by atoms with Crippen LogP contribution in [-0.4, -0.2) is 48.9 Å². The number of carboxylic acid groups (broad SMARTS) is 1. The molecule has 0 unspecified atom stereocenters. The Morgan fingerprint density at radius 1 is 1.35 bits per heavy atom. The lowest BCUT2D eigenvalue weighted by molar-refractivity contribution is -0.151. The first kappa shape index (κ1) is 17.2. The largest absolute Gasteiger partial charge is 0.480 e. The molecule has 0 aromatic carbocycles. The molecule has 0 radical (unpaired) electrons. The molecule has 0 spiro atoms. The molecule has 1 saturated heterocycles. The third kappa shape index (κ3) is 3.61. The number of hydrogen-bond donors (Lipinski definition) is 1. The number of amides is 1. The van der Waals surface area contributed by atoms with Gasteiger partial charge in [-0.15, -0.1) is 0 Å². The zero-order valence-corrected chi connectivity index (χ0v) is 14.4. The van der Waals surface area contributed by atoms with E-state index in [1.165, 1.54) is 4.90 Å². The summed E-state index contributed by atoms with van der Waals surface area (Å²) in [5.41, 5.74) is 0. The first-order valence-corrected chi connectivity index (χ1v) is 10.1. The van der Waals surface area contributed by atoms with Gasteiger partial charge in [0.25, 0.3) is 5.91 Å². The van der Waals surface area contributed by atoms with Gasteiger partial charge in [-0.05, 0) is 37.9 Å². The molecule has 5 nitrogen and oxygen atoms in total. The summed E-state index contributed by atoms with van der Waals surface area (Å²) in [4.78, 5) is 25.0. The number of rotatable bonds is 4. The third-order valence-corrected chi connectivity index (χ3v) is 9.00. The number of likely N-dealkylation sites (tertiary alicyclic amines) is 1. The third-order valence-electron chi connectivity index (χ3n) is 4.45. The molecule has 116 valence electrons. The zero-order chi connectivity index (χ0) is 15.7. The summed E-state index contributed by atoms with van der Waals surface area (Å²) in [6.45, 7) is 12.8. The molecule has 1 heterocycles. The summed E-state index contributed by atoms with van der Waals surface area (Å²) >= 11 is 0. The van der Waals surface area contributed by atoms with Crippen LogP contribution in [0.25, 0.3) is 0 Å². The Bertz CT molecular complexity index is 389. The first-order chi connectivity index (χ1) is 8.97. The Hall–Kier alpha value is -0.883. The van der Waals surface area contributed by atoms with Gasteiger partial charge in [-0.25, -0.2) is 4.79 Å². The summed E-state index contributed by atoms with van der Waals surface area (Å²) in [7, 11) is -2.03. The smallest absolute Gasteiger partial charge is 0.326 e. The molecule has 0 aliphatic carbocycles. The maximum atomic E-state index is 12.4. The van der Waals surface area contributed by atoms with Gasteiger partial charge in [-0.1, -0.05) is 20.8 Å². The van der Waals surface area contributed by atoms with E-state index in [1.54, 1.807) is 6.92 Å². The molecule has 1 fully saturated rings. The van der Waals surface area contributed by atoms with E-state index in [0.29, 0.717) is 13.0 Å². The summed E-state index contributed by atoms with van der Waals surface area (Å²) in [6.07, 6.45) is 0.708. The lowest BCUT2D eigenvalue weighted by Crippen LogP contribution is -2.50. The van der Waals surface area contributed by atoms with E-state index in [0.717, 1.165) is 6.42 Å². The normalized spacial score (nSPS) is 21.9. The fourth-order valence-corrected chi connectivity index (χ4v) is 3.53. The monoisotopic (exact) mass is 301 g/mol. The van der Waals surface area contributed by atoms with Crippen molar-refractivity contribution < 1.29 is 19.1 Å². The highest BCUT2D eigenvalue weighted by atomic mass is 28.4. The number of carbonyl (C=O) groups is 2. The highest BCUT2D eigenvalue weighted by Crippen LogP contribution is 2.37. The Kier molecular flexibility index (Phi) is 5.02. The van der Waals surface area contributed by atoms with Gasteiger partial charge in [0, 0.05) is 6.54 Å². The molecule has 6 heteroatoms. The molecule has 1 aliphatic rings. The quantitative estimate of drug-likeness (QED) is 0.810. The number of hydrogen-bond acceptors (Lipinski definition) is 3. The molecule has 1 N–H and O–H groups in total. The van der Waals surface area contributed by atoms with Crippen LogP contribution >= 0.6 is 0 Å². The van der Waals surface area contributed by atoms with E-state index in [2.05, 4.69) is 33.9 Å². The Balaban J connectivity index is 2.75. The predicted octanol–water partition coefficient (Wildman–Crippen LogP) is 2.47. The van der Waals surface area contributed by atoms with Crippen molar-refractivity contribution in [1.82, 2.24) is 4.90 Å². The van der Waals surface area contributed by atoms with Crippen molar-refractivity contribution in [1.29, 1.82) is 0 Å².